The maximum Gasteiger partial charge on any atom is 0.246 e. The Morgan fingerprint density at radius 1 is 1.47 bits per heavy atom. The number of nitro groups is 1. The lowest BCUT2D eigenvalue weighted by Crippen LogP contribution is -1.99. The lowest BCUT2D eigenvalue weighted by molar-refractivity contribution is -0.426. The maximum atomic E-state index is 10.8. The minimum atomic E-state index is -0.417. The molecule has 92 valence electrons. The molecule has 0 aliphatic heterocycles. The number of hydrogen-bond acceptors (Lipinski definition) is 4. The van der Waals surface area contributed by atoms with Gasteiger partial charge in [-0.15, -0.1) is 0 Å². The average Bonchev–Trinajstić information content (AvgIpc) is 2.35. The second-order valence-corrected chi connectivity index (χ2v) is 3.49. The second-order valence-electron chi connectivity index (χ2n) is 3.49. The van der Waals surface area contributed by atoms with Crippen molar-refractivity contribution in [2.45, 2.75) is 12.8 Å². The highest BCUT2D eigenvalue weighted by Gasteiger charge is 2.09. The topological polar surface area (TPSA) is 72.6 Å². The van der Waals surface area contributed by atoms with E-state index in [0.717, 1.165) is 5.56 Å². The molecule has 0 amide bonds. The number of rotatable bonds is 6. The number of hydrogen-bond donors (Lipinski definition) is 1. The van der Waals surface area contributed by atoms with Gasteiger partial charge < -0.3 is 9.84 Å². The van der Waals surface area contributed by atoms with Crippen LogP contribution in [0.1, 0.15) is 18.4 Å². The summed E-state index contributed by atoms with van der Waals surface area (Å²) in [5.41, 5.74) is 0.847. The molecule has 0 fully saturated rings. The Balaban J connectivity index is 2.84. The van der Waals surface area contributed by atoms with Gasteiger partial charge in [0.1, 0.15) is 5.75 Å². The minimum absolute atomic E-state index is 0.0478. The summed E-state index contributed by atoms with van der Waals surface area (Å²) in [5, 5.41) is 19.4. The van der Waals surface area contributed by atoms with Crippen LogP contribution in [0.3, 0.4) is 0 Å². The first kappa shape index (κ1) is 13.2. The van der Waals surface area contributed by atoms with Crippen LogP contribution in [0, 0.1) is 10.1 Å². The number of allylic oxidation sites excluding steroid dienone is 1. The molecule has 0 radical (unpaired) electrons. The number of benzene rings is 1. The Bertz CT molecular complexity index is 397. The van der Waals surface area contributed by atoms with Gasteiger partial charge in [0.05, 0.1) is 12.0 Å². The van der Waals surface area contributed by atoms with E-state index < -0.39 is 4.92 Å². The Labute approximate surface area is 99.5 Å². The SMILES string of the molecule is COc1ccc(/C=C(/CCCO)[N+](=O)[O-])cc1. The lowest BCUT2D eigenvalue weighted by atomic mass is 10.1. The fourth-order valence-corrected chi connectivity index (χ4v) is 1.37. The molecule has 1 aromatic carbocycles. The predicted octanol–water partition coefficient (Wildman–Crippen LogP) is 2.09. The van der Waals surface area contributed by atoms with Crippen LogP contribution in [-0.2, 0) is 0 Å². The highest BCUT2D eigenvalue weighted by atomic mass is 16.6. The van der Waals surface area contributed by atoms with Crippen molar-refractivity contribution < 1.29 is 14.8 Å². The molecular formula is C12H15NO4. The fraction of sp³-hybridized carbons (Fsp3) is 0.333. The van der Waals surface area contributed by atoms with Gasteiger partial charge in [-0.2, -0.15) is 0 Å². The van der Waals surface area contributed by atoms with Crippen LogP contribution >= 0.6 is 0 Å². The van der Waals surface area contributed by atoms with E-state index in [4.69, 9.17) is 9.84 Å². The Kier molecular flexibility index (Phi) is 5.16. The zero-order valence-corrected chi connectivity index (χ0v) is 9.63. The van der Waals surface area contributed by atoms with Gasteiger partial charge in [0.2, 0.25) is 5.70 Å². The molecule has 1 rings (SSSR count). The van der Waals surface area contributed by atoms with Crippen LogP contribution in [-0.4, -0.2) is 23.7 Å². The normalized spacial score (nSPS) is 11.3. The molecule has 1 N–H and O–H groups in total. The fourth-order valence-electron chi connectivity index (χ4n) is 1.37. The summed E-state index contributed by atoms with van der Waals surface area (Å²) in [6.45, 7) is -0.0478. The number of aliphatic hydroxyl groups is 1. The maximum absolute atomic E-state index is 10.8. The van der Waals surface area contributed by atoms with E-state index in [1.165, 1.54) is 6.08 Å². The van der Waals surface area contributed by atoms with Gasteiger partial charge >= 0.3 is 0 Å². The number of methoxy groups -OCH3 is 1. The second kappa shape index (κ2) is 6.65. The van der Waals surface area contributed by atoms with Crippen LogP contribution < -0.4 is 4.74 Å². The molecule has 0 saturated carbocycles. The standard InChI is InChI=1S/C12H15NO4/c1-17-12-6-4-10(5-7-12)9-11(13(15)16)3-2-8-14/h4-7,9,14H,2-3,8H2,1H3/b11-9-. The van der Waals surface area contributed by atoms with Gasteiger partial charge in [-0.25, -0.2) is 0 Å². The van der Waals surface area contributed by atoms with E-state index >= 15 is 0 Å². The zero-order valence-electron chi connectivity index (χ0n) is 9.63. The molecule has 17 heavy (non-hydrogen) atoms. The highest BCUT2D eigenvalue weighted by Crippen LogP contribution is 2.16. The number of ether oxygens (including phenoxy) is 1. The van der Waals surface area contributed by atoms with E-state index in [2.05, 4.69) is 0 Å². The molecular weight excluding hydrogens is 222 g/mol. The third kappa shape index (κ3) is 4.24. The summed E-state index contributed by atoms with van der Waals surface area (Å²) in [5.74, 6) is 0.708. The molecule has 5 heteroatoms. The van der Waals surface area contributed by atoms with E-state index in [0.29, 0.717) is 12.2 Å². The van der Waals surface area contributed by atoms with Crippen molar-refractivity contribution in [3.8, 4) is 5.75 Å². The summed E-state index contributed by atoms with van der Waals surface area (Å²) in [6, 6.07) is 6.99. The smallest absolute Gasteiger partial charge is 0.246 e. The summed E-state index contributed by atoms with van der Waals surface area (Å²) in [4.78, 5) is 10.3. The predicted molar refractivity (Wildman–Crippen MR) is 64.3 cm³/mol. The van der Waals surface area contributed by atoms with E-state index in [-0.39, 0.29) is 18.7 Å². The first-order chi connectivity index (χ1) is 8.17. The molecule has 5 nitrogen and oxygen atoms in total. The van der Waals surface area contributed by atoms with Gasteiger partial charge in [-0.1, -0.05) is 12.1 Å². The summed E-state index contributed by atoms with van der Waals surface area (Å²) in [6.07, 6.45) is 2.16. The van der Waals surface area contributed by atoms with Crippen molar-refractivity contribution >= 4 is 6.08 Å². The van der Waals surface area contributed by atoms with Crippen molar-refractivity contribution in [2.24, 2.45) is 0 Å². The van der Waals surface area contributed by atoms with Crippen molar-refractivity contribution in [1.82, 2.24) is 0 Å². The Morgan fingerprint density at radius 3 is 2.59 bits per heavy atom. The first-order valence-corrected chi connectivity index (χ1v) is 5.27. The van der Waals surface area contributed by atoms with Crippen molar-refractivity contribution in [1.29, 1.82) is 0 Å². The average molecular weight is 237 g/mol. The molecule has 0 aliphatic rings. The number of aliphatic hydroxyl groups excluding tert-OH is 1. The van der Waals surface area contributed by atoms with Gasteiger partial charge in [0, 0.05) is 19.1 Å². The minimum Gasteiger partial charge on any atom is -0.497 e. The quantitative estimate of drug-likeness (QED) is 0.607. The summed E-state index contributed by atoms with van der Waals surface area (Å²) in [7, 11) is 1.56. The molecule has 0 atom stereocenters. The molecule has 0 spiro atoms. The van der Waals surface area contributed by atoms with E-state index in [1.807, 2.05) is 0 Å². The van der Waals surface area contributed by atoms with Crippen LogP contribution in [0.25, 0.3) is 6.08 Å². The molecule has 0 unspecified atom stereocenters. The molecule has 0 aliphatic carbocycles. The van der Waals surface area contributed by atoms with Crippen LogP contribution in [0.2, 0.25) is 0 Å². The first-order valence-electron chi connectivity index (χ1n) is 5.27. The lowest BCUT2D eigenvalue weighted by Gasteiger charge is -2.00. The highest BCUT2D eigenvalue weighted by molar-refractivity contribution is 5.52. The van der Waals surface area contributed by atoms with Crippen molar-refractivity contribution in [2.75, 3.05) is 13.7 Å². The van der Waals surface area contributed by atoms with Gasteiger partial charge in [-0.05, 0) is 24.1 Å². The van der Waals surface area contributed by atoms with Crippen LogP contribution in [0.15, 0.2) is 30.0 Å². The van der Waals surface area contributed by atoms with Crippen molar-refractivity contribution in [3.63, 3.8) is 0 Å². The van der Waals surface area contributed by atoms with E-state index in [1.54, 1.807) is 31.4 Å². The summed E-state index contributed by atoms with van der Waals surface area (Å²) >= 11 is 0. The monoisotopic (exact) mass is 237 g/mol. The van der Waals surface area contributed by atoms with Crippen molar-refractivity contribution in [3.05, 3.63) is 45.6 Å². The zero-order chi connectivity index (χ0) is 12.7. The van der Waals surface area contributed by atoms with Gasteiger partial charge in [0.15, 0.2) is 0 Å². The Hall–Kier alpha value is -1.88. The van der Waals surface area contributed by atoms with Gasteiger partial charge in [0.25, 0.3) is 0 Å². The van der Waals surface area contributed by atoms with Gasteiger partial charge in [-0.3, -0.25) is 10.1 Å². The third-order valence-corrected chi connectivity index (χ3v) is 2.27. The molecule has 1 aromatic rings. The molecule has 0 saturated heterocycles. The van der Waals surface area contributed by atoms with E-state index in [9.17, 15) is 10.1 Å². The number of nitrogens with zero attached hydrogens (tertiary/aromatic N) is 1. The summed E-state index contributed by atoms with van der Waals surface area (Å²) < 4.78 is 5.00. The third-order valence-electron chi connectivity index (χ3n) is 2.27. The van der Waals surface area contributed by atoms with Crippen LogP contribution in [0.4, 0.5) is 0 Å². The largest absolute Gasteiger partial charge is 0.497 e. The molecule has 0 aromatic heterocycles. The van der Waals surface area contributed by atoms with Crippen LogP contribution in [0.5, 0.6) is 5.75 Å². The molecule has 0 bridgehead atoms. The molecule has 0 heterocycles. The Morgan fingerprint density at radius 2 is 2.12 bits per heavy atom.